The number of rotatable bonds is 4. The molecule has 49 heavy (non-hydrogen) atoms. The van der Waals surface area contributed by atoms with Gasteiger partial charge in [-0.3, -0.25) is 0 Å². The lowest BCUT2D eigenvalue weighted by atomic mass is 9.85. The van der Waals surface area contributed by atoms with Crippen LogP contribution in [0, 0.1) is 0 Å². The first kappa shape index (κ1) is 19.4. The second kappa shape index (κ2) is 11.1. The Morgan fingerprint density at radius 1 is 0.388 bits per heavy atom. The summed E-state index contributed by atoms with van der Waals surface area (Å²) in [5.74, 6) is 0. The van der Waals surface area contributed by atoms with E-state index in [1.54, 1.807) is 0 Å². The van der Waals surface area contributed by atoms with Gasteiger partial charge in [-0.1, -0.05) is 170 Å². The van der Waals surface area contributed by atoms with Crippen LogP contribution in [-0.2, 0) is 0 Å². The highest BCUT2D eigenvalue weighted by Crippen LogP contribution is 2.47. The normalized spacial score (nSPS) is 14.5. The number of furan rings is 1. The van der Waals surface area contributed by atoms with Gasteiger partial charge in [0.05, 0.1) is 13.7 Å². The van der Waals surface area contributed by atoms with Gasteiger partial charge in [0, 0.05) is 21.9 Å². The van der Waals surface area contributed by atoms with E-state index in [0.29, 0.717) is 5.56 Å². The van der Waals surface area contributed by atoms with Crippen LogP contribution in [0.3, 0.4) is 0 Å². The quantitative estimate of drug-likeness (QED) is 0.176. The van der Waals surface area contributed by atoms with Gasteiger partial charge in [-0.2, -0.15) is 0 Å². The third-order valence-corrected chi connectivity index (χ3v) is 9.38. The van der Waals surface area contributed by atoms with Gasteiger partial charge < -0.3 is 4.42 Å². The minimum atomic E-state index is -0.612. The Bertz CT molecular complexity index is 3370. The molecule has 1 heteroatoms. The highest BCUT2D eigenvalue weighted by molar-refractivity contribution is 6.25. The Kier molecular flexibility index (Phi) is 4.39. The standard InChI is InChI=1S/C48H30O/c1-2-14-32(15-3-1)37-26-13-29-44-47(37)43-28-12-27-42(48(43)49-44)46-40-23-8-6-21-38(40)45(39-22-7-9-24-41(39)46)34-19-10-18-33(30-34)36-25-11-17-31-16-4-5-20-35(31)36/h1-30H/i1D,2D,3D,12D,13D,14D,15D,26D,27D,29D. The van der Waals surface area contributed by atoms with E-state index in [0.717, 1.165) is 54.6 Å². The van der Waals surface area contributed by atoms with E-state index in [9.17, 15) is 1.37 Å². The summed E-state index contributed by atoms with van der Waals surface area (Å²) in [4.78, 5) is 0. The molecule has 0 aliphatic rings. The SMILES string of the molecule is [2H]c1cc2c(oc3c([2H])c([2H])c([2H])c(-c4c([2H])c([2H])c([2H])c([2H])c4[2H])c32)c(-c2c3ccccc3c(-c3cccc(-c4cccc5ccccc45)c3)c3ccccc23)c1[2H]. The van der Waals surface area contributed by atoms with Crippen molar-refractivity contribution in [2.24, 2.45) is 0 Å². The number of hydrogen-bond acceptors (Lipinski definition) is 1. The monoisotopic (exact) mass is 632 g/mol. The van der Waals surface area contributed by atoms with E-state index < -0.39 is 48.3 Å². The fourth-order valence-electron chi connectivity index (χ4n) is 7.32. The second-order valence-electron chi connectivity index (χ2n) is 12.0. The number of para-hydroxylation sites is 1. The van der Waals surface area contributed by atoms with Gasteiger partial charge in [0.2, 0.25) is 0 Å². The molecule has 0 saturated heterocycles. The van der Waals surface area contributed by atoms with Crippen LogP contribution in [0.2, 0.25) is 0 Å². The van der Waals surface area contributed by atoms with Crippen LogP contribution < -0.4 is 0 Å². The molecule has 1 nitrogen and oxygen atoms in total. The Hall–Kier alpha value is -6.44. The Labute approximate surface area is 298 Å². The van der Waals surface area contributed by atoms with Crippen LogP contribution in [-0.4, -0.2) is 0 Å². The highest BCUT2D eigenvalue weighted by atomic mass is 16.3. The van der Waals surface area contributed by atoms with E-state index >= 15 is 0 Å². The molecule has 0 saturated carbocycles. The summed E-state index contributed by atoms with van der Waals surface area (Å²) in [5.41, 5.74) is 4.49. The van der Waals surface area contributed by atoms with Crippen molar-refractivity contribution in [2.75, 3.05) is 0 Å². The molecule has 9 aromatic carbocycles. The summed E-state index contributed by atoms with van der Waals surface area (Å²) in [6.45, 7) is 0. The Morgan fingerprint density at radius 2 is 1.02 bits per heavy atom. The molecule has 0 spiro atoms. The van der Waals surface area contributed by atoms with Gasteiger partial charge in [-0.15, -0.1) is 0 Å². The summed E-state index contributed by atoms with van der Waals surface area (Å²) in [6.07, 6.45) is 0. The van der Waals surface area contributed by atoms with Crippen molar-refractivity contribution < 1.29 is 18.1 Å². The molecule has 228 valence electrons. The van der Waals surface area contributed by atoms with Crippen molar-refractivity contribution in [1.82, 2.24) is 0 Å². The zero-order valence-corrected chi connectivity index (χ0v) is 26.0. The largest absolute Gasteiger partial charge is 0.455 e. The number of hydrogen-bond donors (Lipinski definition) is 0. The molecule has 0 amide bonds. The van der Waals surface area contributed by atoms with Crippen molar-refractivity contribution in [3.05, 3.63) is 182 Å². The van der Waals surface area contributed by atoms with Crippen molar-refractivity contribution in [2.45, 2.75) is 0 Å². The molecule has 0 unspecified atom stereocenters. The number of benzene rings is 9. The molecular weight excluding hydrogens is 593 g/mol. The predicted molar refractivity (Wildman–Crippen MR) is 208 cm³/mol. The number of fused-ring (bicyclic) bond motifs is 6. The fraction of sp³-hybridized carbons (Fsp3) is 0. The minimum absolute atomic E-state index is 0.0646. The molecule has 0 fully saturated rings. The lowest BCUT2D eigenvalue weighted by Gasteiger charge is -2.18. The van der Waals surface area contributed by atoms with Gasteiger partial charge >= 0.3 is 0 Å². The van der Waals surface area contributed by atoms with Gasteiger partial charge in [0.15, 0.2) is 0 Å². The van der Waals surface area contributed by atoms with Gasteiger partial charge in [0.1, 0.15) is 11.2 Å². The molecule has 0 aliphatic heterocycles. The zero-order valence-electron chi connectivity index (χ0n) is 36.0. The van der Waals surface area contributed by atoms with Crippen molar-refractivity contribution in [3.63, 3.8) is 0 Å². The van der Waals surface area contributed by atoms with Gasteiger partial charge in [-0.25, -0.2) is 0 Å². The van der Waals surface area contributed by atoms with E-state index in [4.69, 9.17) is 16.8 Å². The van der Waals surface area contributed by atoms with Gasteiger partial charge in [0.25, 0.3) is 0 Å². The van der Waals surface area contributed by atoms with Crippen molar-refractivity contribution in [3.8, 4) is 44.5 Å². The first-order chi connectivity index (χ1) is 28.5. The zero-order chi connectivity index (χ0) is 41.0. The molecular formula is C48H30O. The molecule has 0 N–H and O–H groups in total. The van der Waals surface area contributed by atoms with Crippen LogP contribution in [0.25, 0.3) is 98.8 Å². The van der Waals surface area contributed by atoms with Crippen molar-refractivity contribution >= 4 is 54.3 Å². The smallest absolute Gasteiger partial charge is 0.143 e. The van der Waals surface area contributed by atoms with Crippen molar-refractivity contribution in [1.29, 1.82) is 0 Å². The predicted octanol–water partition coefficient (Wildman–Crippen LogP) is 13.7. The second-order valence-corrected chi connectivity index (χ2v) is 12.0. The van der Waals surface area contributed by atoms with Crippen LogP contribution in [0.1, 0.15) is 13.7 Å². The molecule has 0 bridgehead atoms. The molecule has 10 aromatic rings. The Morgan fingerprint density at radius 3 is 1.80 bits per heavy atom. The third-order valence-electron chi connectivity index (χ3n) is 9.38. The molecule has 10 rings (SSSR count). The summed E-state index contributed by atoms with van der Waals surface area (Å²) >= 11 is 0. The van der Waals surface area contributed by atoms with E-state index in [1.165, 1.54) is 6.07 Å². The van der Waals surface area contributed by atoms with Crippen LogP contribution in [0.5, 0.6) is 0 Å². The van der Waals surface area contributed by atoms with E-state index in [1.807, 2.05) is 60.7 Å². The highest BCUT2D eigenvalue weighted by Gasteiger charge is 2.21. The summed E-state index contributed by atoms with van der Waals surface area (Å²) in [6, 6.07) is 35.4. The first-order valence-corrected chi connectivity index (χ1v) is 16.0. The lowest BCUT2D eigenvalue weighted by molar-refractivity contribution is 0.670. The lowest BCUT2D eigenvalue weighted by Crippen LogP contribution is -1.91. The maximum Gasteiger partial charge on any atom is 0.143 e. The maximum atomic E-state index is 9.45. The van der Waals surface area contributed by atoms with Crippen LogP contribution in [0.4, 0.5) is 0 Å². The summed E-state index contributed by atoms with van der Waals surface area (Å²) in [5, 5.41) is 5.90. The average Bonchev–Trinajstić information content (AvgIpc) is 3.63. The minimum Gasteiger partial charge on any atom is -0.455 e. The Balaban J connectivity index is 1.32. The summed E-state index contributed by atoms with van der Waals surface area (Å²) in [7, 11) is 0. The third kappa shape index (κ3) is 4.33. The first-order valence-electron chi connectivity index (χ1n) is 21.0. The maximum absolute atomic E-state index is 9.45. The van der Waals surface area contributed by atoms with Crippen LogP contribution >= 0.6 is 0 Å². The topological polar surface area (TPSA) is 13.1 Å². The summed E-state index contributed by atoms with van der Waals surface area (Å²) < 4.78 is 94.4. The van der Waals surface area contributed by atoms with Gasteiger partial charge in [-0.05, 0) is 77.8 Å². The molecule has 1 aromatic heterocycles. The van der Waals surface area contributed by atoms with E-state index in [-0.39, 0.29) is 50.7 Å². The molecule has 1 heterocycles. The molecule has 0 radical (unpaired) electrons. The molecule has 0 atom stereocenters. The van der Waals surface area contributed by atoms with Crippen LogP contribution in [0.15, 0.2) is 186 Å². The van der Waals surface area contributed by atoms with E-state index in [2.05, 4.69) is 54.6 Å². The fourth-order valence-corrected chi connectivity index (χ4v) is 7.32. The molecule has 0 aliphatic carbocycles. The average molecular weight is 633 g/mol.